The number of hydrogen-bond acceptors (Lipinski definition) is 5. The molecule has 0 heterocycles. The molecule has 7 heteroatoms. The van der Waals surface area contributed by atoms with E-state index < -0.39 is 6.04 Å². The highest BCUT2D eigenvalue weighted by Crippen LogP contribution is 2.33. The van der Waals surface area contributed by atoms with E-state index in [1.54, 1.807) is 33.5 Å². The predicted octanol–water partition coefficient (Wildman–Crippen LogP) is 2.12. The molecule has 0 saturated carbocycles. The first-order valence-electron chi connectivity index (χ1n) is 7.30. The van der Waals surface area contributed by atoms with Gasteiger partial charge in [0.1, 0.15) is 17.2 Å². The highest BCUT2D eigenvalue weighted by molar-refractivity contribution is 5.85. The lowest BCUT2D eigenvalue weighted by Gasteiger charge is -2.19. The number of ether oxygens (including phenoxy) is 3. The lowest BCUT2D eigenvalue weighted by atomic mass is 9.99. The first-order valence-corrected chi connectivity index (χ1v) is 7.30. The number of benzene rings is 1. The van der Waals surface area contributed by atoms with Gasteiger partial charge in [-0.15, -0.1) is 12.4 Å². The summed E-state index contributed by atoms with van der Waals surface area (Å²) in [7, 11) is 4.69. The lowest BCUT2D eigenvalue weighted by molar-refractivity contribution is -0.123. The van der Waals surface area contributed by atoms with E-state index in [9.17, 15) is 4.79 Å². The summed E-state index contributed by atoms with van der Waals surface area (Å²) in [4.78, 5) is 12.1. The number of rotatable bonds is 8. The van der Waals surface area contributed by atoms with Crippen LogP contribution in [0.15, 0.2) is 12.1 Å². The molecule has 0 aliphatic rings. The first-order chi connectivity index (χ1) is 10.5. The Morgan fingerprint density at radius 3 is 2.09 bits per heavy atom. The van der Waals surface area contributed by atoms with Crippen molar-refractivity contribution in [2.24, 2.45) is 11.7 Å². The van der Waals surface area contributed by atoms with Gasteiger partial charge in [0.15, 0.2) is 0 Å². The zero-order valence-electron chi connectivity index (χ0n) is 14.3. The molecule has 0 radical (unpaired) electrons. The van der Waals surface area contributed by atoms with Crippen molar-refractivity contribution in [3.8, 4) is 17.2 Å². The molecule has 0 aliphatic heterocycles. The van der Waals surface area contributed by atoms with Crippen molar-refractivity contribution in [2.45, 2.75) is 32.9 Å². The maximum atomic E-state index is 12.1. The highest BCUT2D eigenvalue weighted by Gasteiger charge is 2.20. The van der Waals surface area contributed by atoms with Crippen LogP contribution in [0.4, 0.5) is 0 Å². The van der Waals surface area contributed by atoms with Crippen molar-refractivity contribution in [1.82, 2.24) is 5.32 Å². The minimum Gasteiger partial charge on any atom is -0.496 e. The first kappa shape index (κ1) is 21.3. The number of hydrogen-bond donors (Lipinski definition) is 2. The van der Waals surface area contributed by atoms with E-state index in [-0.39, 0.29) is 30.8 Å². The van der Waals surface area contributed by atoms with Crippen LogP contribution in [0, 0.1) is 5.92 Å². The number of methoxy groups -OCH3 is 3. The summed E-state index contributed by atoms with van der Waals surface area (Å²) in [6.07, 6.45) is 0.851. The number of carbonyl (C=O) groups is 1. The average molecular weight is 347 g/mol. The average Bonchev–Trinajstić information content (AvgIpc) is 2.57. The molecule has 0 aliphatic carbocycles. The topological polar surface area (TPSA) is 82.8 Å². The molecule has 132 valence electrons. The van der Waals surface area contributed by atoms with Crippen LogP contribution in [0.1, 0.15) is 25.8 Å². The Hall–Kier alpha value is -1.66. The zero-order valence-corrected chi connectivity index (χ0v) is 15.2. The van der Waals surface area contributed by atoms with Gasteiger partial charge in [0, 0.05) is 12.1 Å². The van der Waals surface area contributed by atoms with Crippen molar-refractivity contribution in [2.75, 3.05) is 21.3 Å². The molecule has 0 fully saturated rings. The fourth-order valence-corrected chi connectivity index (χ4v) is 2.06. The van der Waals surface area contributed by atoms with Gasteiger partial charge in [-0.2, -0.15) is 0 Å². The Morgan fingerprint density at radius 1 is 1.17 bits per heavy atom. The second kappa shape index (κ2) is 10.2. The summed E-state index contributed by atoms with van der Waals surface area (Å²) >= 11 is 0. The summed E-state index contributed by atoms with van der Waals surface area (Å²) in [6.45, 7) is 4.24. The maximum absolute atomic E-state index is 12.1. The van der Waals surface area contributed by atoms with Crippen molar-refractivity contribution in [3.05, 3.63) is 17.7 Å². The van der Waals surface area contributed by atoms with E-state index in [2.05, 4.69) is 5.32 Å². The molecule has 1 rings (SSSR count). The van der Waals surface area contributed by atoms with Crippen LogP contribution in [0.3, 0.4) is 0 Å². The Morgan fingerprint density at radius 2 is 1.70 bits per heavy atom. The van der Waals surface area contributed by atoms with Gasteiger partial charge in [0.2, 0.25) is 5.91 Å². The van der Waals surface area contributed by atoms with E-state index in [1.165, 1.54) is 0 Å². The van der Waals surface area contributed by atoms with Crippen LogP contribution < -0.4 is 25.3 Å². The number of amides is 1. The normalized spacial score (nSPS) is 12.6. The number of carbonyl (C=O) groups excluding carboxylic acids is 1. The molecule has 23 heavy (non-hydrogen) atoms. The summed E-state index contributed by atoms with van der Waals surface area (Å²) in [5.41, 5.74) is 6.67. The molecule has 0 saturated heterocycles. The van der Waals surface area contributed by atoms with Crippen LogP contribution in [0.5, 0.6) is 17.2 Å². The van der Waals surface area contributed by atoms with Crippen molar-refractivity contribution < 1.29 is 19.0 Å². The zero-order chi connectivity index (χ0) is 16.7. The molecule has 6 nitrogen and oxygen atoms in total. The summed E-state index contributed by atoms with van der Waals surface area (Å²) in [6, 6.07) is 2.97. The second-order valence-electron chi connectivity index (χ2n) is 5.14. The Labute approximate surface area is 144 Å². The smallest absolute Gasteiger partial charge is 0.237 e. The van der Waals surface area contributed by atoms with E-state index in [0.29, 0.717) is 17.2 Å². The van der Waals surface area contributed by atoms with Crippen molar-refractivity contribution in [1.29, 1.82) is 0 Å². The SMILES string of the molecule is CCC(C)C(N)C(=O)NCc1c(OC)cc(OC)cc1OC.Cl. The highest BCUT2D eigenvalue weighted by atomic mass is 35.5. The van der Waals surface area contributed by atoms with E-state index in [1.807, 2.05) is 13.8 Å². The predicted molar refractivity (Wildman–Crippen MR) is 92.6 cm³/mol. The van der Waals surface area contributed by atoms with Gasteiger partial charge < -0.3 is 25.3 Å². The standard InChI is InChI=1S/C16H26N2O4.ClH/c1-6-10(2)15(17)16(19)18-9-12-13(21-4)7-11(20-3)8-14(12)22-5;/h7-8,10,15H,6,9,17H2,1-5H3,(H,18,19);1H. The van der Waals surface area contributed by atoms with Gasteiger partial charge in [-0.05, 0) is 5.92 Å². The van der Waals surface area contributed by atoms with Crippen molar-refractivity contribution >= 4 is 18.3 Å². The molecule has 2 unspecified atom stereocenters. The van der Waals surface area contributed by atoms with Crippen LogP contribution >= 0.6 is 12.4 Å². The largest absolute Gasteiger partial charge is 0.496 e. The van der Waals surface area contributed by atoms with Gasteiger partial charge in [0.05, 0.1) is 39.5 Å². The third kappa shape index (κ3) is 5.48. The van der Waals surface area contributed by atoms with Gasteiger partial charge in [-0.3, -0.25) is 4.79 Å². The molecule has 1 amide bonds. The number of halogens is 1. The van der Waals surface area contributed by atoms with Gasteiger partial charge in [0.25, 0.3) is 0 Å². The van der Waals surface area contributed by atoms with E-state index in [0.717, 1.165) is 12.0 Å². The third-order valence-corrected chi connectivity index (χ3v) is 3.82. The summed E-state index contributed by atoms with van der Waals surface area (Å²) < 4.78 is 15.9. The van der Waals surface area contributed by atoms with Crippen LogP contribution in [-0.2, 0) is 11.3 Å². The Balaban J connectivity index is 0.00000484. The fourth-order valence-electron chi connectivity index (χ4n) is 2.06. The minimum atomic E-state index is -0.528. The third-order valence-electron chi connectivity index (χ3n) is 3.82. The lowest BCUT2D eigenvalue weighted by Crippen LogP contribution is -2.44. The molecular weight excluding hydrogens is 320 g/mol. The summed E-state index contributed by atoms with van der Waals surface area (Å²) in [5, 5.41) is 2.84. The second-order valence-corrected chi connectivity index (χ2v) is 5.14. The molecule has 1 aromatic carbocycles. The molecule has 2 atom stereocenters. The van der Waals surface area contributed by atoms with Gasteiger partial charge in [-0.25, -0.2) is 0 Å². The minimum absolute atomic E-state index is 0. The molecule has 1 aromatic rings. The maximum Gasteiger partial charge on any atom is 0.237 e. The summed E-state index contributed by atoms with van der Waals surface area (Å²) in [5.74, 6) is 1.75. The van der Waals surface area contributed by atoms with Crippen LogP contribution in [-0.4, -0.2) is 33.3 Å². The molecule has 0 spiro atoms. The number of nitrogens with two attached hydrogens (primary N) is 1. The van der Waals surface area contributed by atoms with Crippen molar-refractivity contribution in [3.63, 3.8) is 0 Å². The Kier molecular flexibility index (Phi) is 9.44. The quantitative estimate of drug-likeness (QED) is 0.753. The monoisotopic (exact) mass is 346 g/mol. The molecule has 0 aromatic heterocycles. The van der Waals surface area contributed by atoms with Gasteiger partial charge >= 0.3 is 0 Å². The molecule has 3 N–H and O–H groups in total. The molecular formula is C16H27ClN2O4. The van der Waals surface area contributed by atoms with E-state index >= 15 is 0 Å². The fraction of sp³-hybridized carbons (Fsp3) is 0.562. The van der Waals surface area contributed by atoms with Crippen LogP contribution in [0.2, 0.25) is 0 Å². The number of nitrogens with one attached hydrogen (secondary N) is 1. The Bertz CT molecular complexity index is 486. The van der Waals surface area contributed by atoms with Gasteiger partial charge in [-0.1, -0.05) is 20.3 Å². The van der Waals surface area contributed by atoms with E-state index in [4.69, 9.17) is 19.9 Å². The molecule has 0 bridgehead atoms. The van der Waals surface area contributed by atoms with Crippen LogP contribution in [0.25, 0.3) is 0 Å².